The molecule has 26 heavy (non-hydrogen) atoms. The molecule has 1 N–H and O–H groups in total. The fraction of sp³-hybridized carbons (Fsp3) is 0.294. The molecular weight excluding hydrogens is 392 g/mol. The molecule has 6 nitrogen and oxygen atoms in total. The lowest BCUT2D eigenvalue weighted by molar-refractivity contribution is -0.145. The zero-order chi connectivity index (χ0) is 19.0. The summed E-state index contributed by atoms with van der Waals surface area (Å²) in [4.78, 5) is 40.2. The van der Waals surface area contributed by atoms with Gasteiger partial charge >= 0.3 is 5.97 Å². The molecule has 1 aromatic rings. The molecule has 3 rings (SSSR count). The summed E-state index contributed by atoms with van der Waals surface area (Å²) in [5, 5.41) is 9.54. The molecule has 0 radical (unpaired) electrons. The second-order valence-electron chi connectivity index (χ2n) is 5.76. The van der Waals surface area contributed by atoms with Gasteiger partial charge in [0.15, 0.2) is 0 Å². The van der Waals surface area contributed by atoms with E-state index in [0.717, 1.165) is 22.3 Å². The van der Waals surface area contributed by atoms with Gasteiger partial charge in [0.05, 0.1) is 16.2 Å². The molecule has 0 aliphatic carbocycles. The van der Waals surface area contributed by atoms with Crippen molar-refractivity contribution in [3.8, 4) is 0 Å². The molecular formula is C17H16N2O4S3. The predicted molar refractivity (Wildman–Crippen MR) is 108 cm³/mol. The minimum Gasteiger partial charge on any atom is -0.480 e. The SMILES string of the molecule is CSCC[C@@H](C(=O)O)N1C(=O)/C(=C2/C(=O)N(C)c3ccccc32)SC1=S. The minimum absolute atomic E-state index is 0.172. The lowest BCUT2D eigenvalue weighted by Crippen LogP contribution is -2.44. The van der Waals surface area contributed by atoms with Crippen LogP contribution in [0, 0.1) is 0 Å². The molecule has 2 amide bonds. The van der Waals surface area contributed by atoms with Crippen molar-refractivity contribution in [2.45, 2.75) is 12.5 Å². The van der Waals surface area contributed by atoms with Gasteiger partial charge in [-0.25, -0.2) is 4.79 Å². The van der Waals surface area contributed by atoms with Gasteiger partial charge in [-0.3, -0.25) is 14.5 Å². The van der Waals surface area contributed by atoms with Gasteiger partial charge in [0.25, 0.3) is 11.8 Å². The molecule has 9 heteroatoms. The van der Waals surface area contributed by atoms with Gasteiger partial charge in [0.1, 0.15) is 10.4 Å². The van der Waals surface area contributed by atoms with E-state index in [1.54, 1.807) is 25.2 Å². The number of para-hydroxylation sites is 1. The summed E-state index contributed by atoms with van der Waals surface area (Å²) >= 11 is 7.78. The van der Waals surface area contributed by atoms with Crippen LogP contribution < -0.4 is 4.90 Å². The maximum Gasteiger partial charge on any atom is 0.326 e. The van der Waals surface area contributed by atoms with Crippen molar-refractivity contribution in [3.63, 3.8) is 0 Å². The molecule has 0 unspecified atom stereocenters. The zero-order valence-electron chi connectivity index (χ0n) is 14.1. The third kappa shape index (κ3) is 3.04. The number of thiocarbonyl (C=S) groups is 1. The van der Waals surface area contributed by atoms with E-state index in [0.29, 0.717) is 11.3 Å². The highest BCUT2D eigenvalue weighted by atomic mass is 32.2. The normalized spacial score (nSPS) is 20.8. The van der Waals surface area contributed by atoms with Gasteiger partial charge in [-0.15, -0.1) is 0 Å². The number of benzene rings is 1. The largest absolute Gasteiger partial charge is 0.480 e. The van der Waals surface area contributed by atoms with Crippen LogP contribution in [0.2, 0.25) is 0 Å². The lowest BCUT2D eigenvalue weighted by atomic mass is 10.1. The Balaban J connectivity index is 2.05. The van der Waals surface area contributed by atoms with E-state index in [1.165, 1.54) is 16.7 Å². The van der Waals surface area contributed by atoms with E-state index in [9.17, 15) is 19.5 Å². The van der Waals surface area contributed by atoms with Gasteiger partial charge in [-0.05, 0) is 24.5 Å². The number of rotatable bonds is 5. The molecule has 0 aromatic heterocycles. The third-order valence-electron chi connectivity index (χ3n) is 4.27. The van der Waals surface area contributed by atoms with Crippen LogP contribution >= 0.6 is 35.7 Å². The summed E-state index contributed by atoms with van der Waals surface area (Å²) < 4.78 is 0.172. The Hall–Kier alpha value is -1.84. The Labute approximate surface area is 164 Å². The van der Waals surface area contributed by atoms with Crippen LogP contribution in [0.1, 0.15) is 12.0 Å². The standard InChI is InChI=1S/C17H16N2O4S3/c1-18-10-6-4-3-5-9(10)12(14(18)20)13-15(21)19(17(24)26-13)11(16(22)23)7-8-25-2/h3-6,11H,7-8H2,1-2H3,(H,22,23)/b13-12-/t11-/m0/s1. The highest BCUT2D eigenvalue weighted by Gasteiger charge is 2.44. The molecule has 2 heterocycles. The number of carbonyl (C=O) groups excluding carboxylic acids is 2. The molecule has 1 saturated heterocycles. The average Bonchev–Trinajstić information content (AvgIpc) is 3.03. The molecule has 2 aliphatic rings. The van der Waals surface area contributed by atoms with Gasteiger partial charge in [-0.1, -0.05) is 42.2 Å². The highest BCUT2D eigenvalue weighted by Crippen LogP contribution is 2.44. The number of carboxylic acid groups (broad SMARTS) is 1. The first-order chi connectivity index (χ1) is 12.4. The van der Waals surface area contributed by atoms with Crippen LogP contribution in [0.15, 0.2) is 29.2 Å². The molecule has 0 spiro atoms. The lowest BCUT2D eigenvalue weighted by Gasteiger charge is -2.22. The van der Waals surface area contributed by atoms with Crippen LogP contribution in [-0.4, -0.2) is 57.2 Å². The molecule has 2 aliphatic heterocycles. The molecule has 1 aromatic carbocycles. The number of hydrogen-bond donors (Lipinski definition) is 1. The van der Waals surface area contributed by atoms with Crippen LogP contribution in [-0.2, 0) is 14.4 Å². The second-order valence-corrected chi connectivity index (χ2v) is 8.39. The van der Waals surface area contributed by atoms with Crippen molar-refractivity contribution in [2.75, 3.05) is 24.0 Å². The predicted octanol–water partition coefficient (Wildman–Crippen LogP) is 2.44. The van der Waals surface area contributed by atoms with Crippen molar-refractivity contribution in [1.29, 1.82) is 0 Å². The summed E-state index contributed by atoms with van der Waals surface area (Å²) in [5.74, 6) is -1.31. The molecule has 1 fully saturated rings. The molecule has 1 atom stereocenters. The van der Waals surface area contributed by atoms with Crippen LogP contribution in [0.5, 0.6) is 0 Å². The number of likely N-dealkylation sites (N-methyl/N-ethyl adjacent to an activating group) is 1. The van der Waals surface area contributed by atoms with Crippen LogP contribution in [0.4, 0.5) is 5.69 Å². The first kappa shape index (κ1) is 18.9. The summed E-state index contributed by atoms with van der Waals surface area (Å²) in [7, 11) is 1.65. The Kier molecular flexibility index (Phi) is 5.40. The smallest absolute Gasteiger partial charge is 0.326 e. The third-order valence-corrected chi connectivity index (χ3v) is 6.32. The van der Waals surface area contributed by atoms with E-state index in [4.69, 9.17) is 12.2 Å². The number of carboxylic acids is 1. The Morgan fingerprint density at radius 3 is 2.65 bits per heavy atom. The Morgan fingerprint density at radius 1 is 1.31 bits per heavy atom. The number of aliphatic carboxylic acids is 1. The van der Waals surface area contributed by atoms with E-state index in [-0.39, 0.29) is 27.1 Å². The van der Waals surface area contributed by atoms with Gasteiger partial charge in [0, 0.05) is 12.6 Å². The van der Waals surface area contributed by atoms with Gasteiger partial charge < -0.3 is 10.0 Å². The van der Waals surface area contributed by atoms with Crippen molar-refractivity contribution in [1.82, 2.24) is 4.90 Å². The fourth-order valence-electron chi connectivity index (χ4n) is 2.98. The van der Waals surface area contributed by atoms with Crippen molar-refractivity contribution in [2.24, 2.45) is 0 Å². The van der Waals surface area contributed by atoms with Crippen LogP contribution in [0.3, 0.4) is 0 Å². The summed E-state index contributed by atoms with van der Waals surface area (Å²) in [6, 6.07) is 6.17. The van der Waals surface area contributed by atoms with Gasteiger partial charge in [0.2, 0.25) is 0 Å². The quantitative estimate of drug-likeness (QED) is 0.592. The summed E-state index contributed by atoms with van der Waals surface area (Å²) in [6.07, 6.45) is 2.16. The highest BCUT2D eigenvalue weighted by molar-refractivity contribution is 8.26. The zero-order valence-corrected chi connectivity index (χ0v) is 16.5. The van der Waals surface area contributed by atoms with E-state index >= 15 is 0 Å². The van der Waals surface area contributed by atoms with E-state index < -0.39 is 17.9 Å². The first-order valence-corrected chi connectivity index (χ1v) is 10.4. The maximum atomic E-state index is 13.0. The molecule has 0 saturated carbocycles. The monoisotopic (exact) mass is 408 g/mol. The van der Waals surface area contributed by atoms with Gasteiger partial charge in [-0.2, -0.15) is 11.8 Å². The average molecular weight is 409 g/mol. The minimum atomic E-state index is -1.10. The first-order valence-electron chi connectivity index (χ1n) is 7.77. The molecule has 136 valence electrons. The van der Waals surface area contributed by atoms with Crippen LogP contribution in [0.25, 0.3) is 5.57 Å². The van der Waals surface area contributed by atoms with E-state index in [2.05, 4.69) is 0 Å². The number of hydrogen-bond acceptors (Lipinski definition) is 6. The van der Waals surface area contributed by atoms with Crippen molar-refractivity contribution >= 4 is 69.1 Å². The maximum absolute atomic E-state index is 13.0. The topological polar surface area (TPSA) is 77.9 Å². The second kappa shape index (κ2) is 7.42. The number of fused-ring (bicyclic) bond motifs is 1. The number of carbonyl (C=O) groups is 3. The Morgan fingerprint density at radius 2 is 2.00 bits per heavy atom. The molecule has 0 bridgehead atoms. The number of thioether (sulfide) groups is 2. The Bertz CT molecular complexity index is 852. The number of nitrogens with zero attached hydrogens (tertiary/aromatic N) is 2. The van der Waals surface area contributed by atoms with E-state index in [1.807, 2.05) is 12.3 Å². The van der Waals surface area contributed by atoms with Crippen molar-refractivity contribution in [3.05, 3.63) is 34.7 Å². The fourth-order valence-corrected chi connectivity index (χ4v) is 4.87. The number of anilines is 1. The summed E-state index contributed by atoms with van der Waals surface area (Å²) in [5.41, 5.74) is 1.67. The van der Waals surface area contributed by atoms with Crippen molar-refractivity contribution < 1.29 is 19.5 Å². The summed E-state index contributed by atoms with van der Waals surface area (Å²) in [6.45, 7) is 0. The number of amides is 2.